The Kier molecular flexibility index (Phi) is 5.99. The van der Waals surface area contributed by atoms with Crippen LogP contribution in [0.1, 0.15) is 16.8 Å². The molecule has 0 radical (unpaired) electrons. The van der Waals surface area contributed by atoms with Gasteiger partial charge in [0.2, 0.25) is 0 Å². The van der Waals surface area contributed by atoms with Crippen molar-refractivity contribution in [3.8, 4) is 5.69 Å². The van der Waals surface area contributed by atoms with Gasteiger partial charge >= 0.3 is 0 Å². The number of fused-ring (bicyclic) bond motifs is 1. The number of hydrogen-bond donors (Lipinski definition) is 2. The molecule has 0 aliphatic carbocycles. The van der Waals surface area contributed by atoms with E-state index >= 15 is 0 Å². The van der Waals surface area contributed by atoms with E-state index < -0.39 is 0 Å². The SMILES string of the molecule is O=C(c1ccc(-n2nnc3cccnc32)cc1)N(c1ncccc1Cl)[C@H]1CNC[C@H](CO)C1. The average Bonchev–Trinajstić information content (AvgIpc) is 3.30. The number of benzene rings is 1. The topological polar surface area (TPSA) is 109 Å². The van der Waals surface area contributed by atoms with Crippen LogP contribution in [-0.4, -0.2) is 61.7 Å². The molecule has 1 saturated heterocycles. The van der Waals surface area contributed by atoms with Gasteiger partial charge in [-0.1, -0.05) is 16.8 Å². The largest absolute Gasteiger partial charge is 0.396 e. The highest BCUT2D eigenvalue weighted by Crippen LogP contribution is 2.29. The van der Waals surface area contributed by atoms with Crippen molar-refractivity contribution in [3.05, 3.63) is 71.5 Å². The van der Waals surface area contributed by atoms with Crippen molar-refractivity contribution in [3.63, 3.8) is 0 Å². The van der Waals surface area contributed by atoms with Gasteiger partial charge in [0.25, 0.3) is 5.91 Å². The van der Waals surface area contributed by atoms with Crippen LogP contribution in [0.2, 0.25) is 5.02 Å². The molecule has 4 aromatic rings. The van der Waals surface area contributed by atoms with Gasteiger partial charge < -0.3 is 10.4 Å². The van der Waals surface area contributed by atoms with Crippen LogP contribution >= 0.6 is 11.6 Å². The number of anilines is 1. The number of halogens is 1. The van der Waals surface area contributed by atoms with Crippen LogP contribution in [0, 0.1) is 5.92 Å². The van der Waals surface area contributed by atoms with Crippen molar-refractivity contribution in [1.82, 2.24) is 30.3 Å². The van der Waals surface area contributed by atoms with Crippen LogP contribution in [0.5, 0.6) is 0 Å². The number of piperidine rings is 1. The predicted molar refractivity (Wildman–Crippen MR) is 125 cm³/mol. The molecule has 33 heavy (non-hydrogen) atoms. The number of aliphatic hydroxyl groups excluding tert-OH is 1. The number of rotatable bonds is 5. The number of carbonyl (C=O) groups is 1. The number of aliphatic hydroxyl groups is 1. The van der Waals surface area contributed by atoms with Crippen molar-refractivity contribution in [2.45, 2.75) is 12.5 Å². The summed E-state index contributed by atoms with van der Waals surface area (Å²) in [5, 5.41) is 21.7. The summed E-state index contributed by atoms with van der Waals surface area (Å²) in [5.74, 6) is 0.247. The molecule has 4 heterocycles. The minimum absolute atomic E-state index is 0.0517. The van der Waals surface area contributed by atoms with Crippen LogP contribution < -0.4 is 10.2 Å². The van der Waals surface area contributed by atoms with Crippen LogP contribution in [-0.2, 0) is 0 Å². The number of hydrogen-bond acceptors (Lipinski definition) is 7. The van der Waals surface area contributed by atoms with E-state index in [4.69, 9.17) is 11.6 Å². The Morgan fingerprint density at radius 2 is 1.91 bits per heavy atom. The van der Waals surface area contributed by atoms with E-state index in [2.05, 4.69) is 25.6 Å². The maximum absolute atomic E-state index is 13.7. The molecule has 0 bridgehead atoms. The number of nitrogens with zero attached hydrogens (tertiary/aromatic N) is 6. The first-order valence-corrected chi connectivity index (χ1v) is 11.1. The fraction of sp³-hybridized carbons (Fsp3) is 0.261. The van der Waals surface area contributed by atoms with Gasteiger partial charge in [0.05, 0.1) is 16.8 Å². The number of aromatic nitrogens is 5. The van der Waals surface area contributed by atoms with Gasteiger partial charge in [0.15, 0.2) is 11.5 Å². The Bertz CT molecular complexity index is 1280. The molecular weight excluding hydrogens is 442 g/mol. The van der Waals surface area contributed by atoms with E-state index in [9.17, 15) is 9.90 Å². The molecule has 2 N–H and O–H groups in total. The fourth-order valence-electron chi connectivity index (χ4n) is 4.15. The number of pyridine rings is 2. The van der Waals surface area contributed by atoms with Crippen LogP contribution in [0.3, 0.4) is 0 Å². The van der Waals surface area contributed by atoms with Crippen molar-refractivity contribution < 1.29 is 9.90 Å². The highest BCUT2D eigenvalue weighted by Gasteiger charge is 2.33. The smallest absolute Gasteiger partial charge is 0.259 e. The first-order chi connectivity index (χ1) is 16.2. The van der Waals surface area contributed by atoms with Crippen LogP contribution in [0.25, 0.3) is 16.9 Å². The molecule has 1 fully saturated rings. The summed E-state index contributed by atoms with van der Waals surface area (Å²) >= 11 is 6.44. The second-order valence-corrected chi connectivity index (χ2v) is 8.38. The Labute approximate surface area is 195 Å². The molecule has 1 aliphatic heterocycles. The van der Waals surface area contributed by atoms with Gasteiger partial charge in [0, 0.05) is 37.7 Å². The molecule has 0 unspecified atom stereocenters. The highest BCUT2D eigenvalue weighted by atomic mass is 35.5. The molecule has 9 nitrogen and oxygen atoms in total. The number of nitrogens with one attached hydrogen (secondary N) is 1. The van der Waals surface area contributed by atoms with E-state index in [1.54, 1.807) is 46.2 Å². The number of amides is 1. The van der Waals surface area contributed by atoms with Crippen molar-refractivity contribution in [2.75, 3.05) is 24.6 Å². The zero-order chi connectivity index (χ0) is 22.8. The molecule has 2 atom stereocenters. The summed E-state index contributed by atoms with van der Waals surface area (Å²) in [6, 6.07) is 14.0. The standard InChI is InChI=1S/C23H22ClN7O2/c24-19-3-1-9-26-21(19)30(18-11-15(14-32)12-25-13-18)23(33)16-5-7-17(8-6-16)31-22-20(28-29-31)4-2-10-27-22/h1-10,15,18,25,32H,11-14H2/t15-,18-/m1/s1. The maximum Gasteiger partial charge on any atom is 0.259 e. The molecular formula is C23H22ClN7O2. The fourth-order valence-corrected chi connectivity index (χ4v) is 4.37. The van der Waals surface area contributed by atoms with E-state index in [1.807, 2.05) is 24.3 Å². The lowest BCUT2D eigenvalue weighted by molar-refractivity contribution is 0.0960. The van der Waals surface area contributed by atoms with Crippen molar-refractivity contribution >= 4 is 34.5 Å². The van der Waals surface area contributed by atoms with E-state index in [0.717, 1.165) is 5.69 Å². The molecule has 0 saturated carbocycles. The predicted octanol–water partition coefficient (Wildman–Crippen LogP) is 2.48. The summed E-state index contributed by atoms with van der Waals surface area (Å²) in [6.45, 7) is 1.35. The first-order valence-electron chi connectivity index (χ1n) is 10.7. The zero-order valence-corrected chi connectivity index (χ0v) is 18.4. The van der Waals surface area contributed by atoms with Gasteiger partial charge in [-0.15, -0.1) is 5.10 Å². The third-order valence-electron chi connectivity index (χ3n) is 5.80. The molecule has 1 aromatic carbocycles. The second-order valence-electron chi connectivity index (χ2n) is 7.97. The summed E-state index contributed by atoms with van der Waals surface area (Å²) in [6.07, 6.45) is 3.95. The maximum atomic E-state index is 13.7. The minimum Gasteiger partial charge on any atom is -0.396 e. The molecule has 1 aliphatic rings. The van der Waals surface area contributed by atoms with Crippen molar-refractivity contribution in [1.29, 1.82) is 0 Å². The van der Waals surface area contributed by atoms with Crippen LogP contribution in [0.4, 0.5) is 5.82 Å². The van der Waals surface area contributed by atoms with E-state index in [-0.39, 0.29) is 24.5 Å². The summed E-state index contributed by atoms with van der Waals surface area (Å²) in [5.41, 5.74) is 2.57. The minimum atomic E-state index is -0.214. The van der Waals surface area contributed by atoms with Crippen molar-refractivity contribution in [2.24, 2.45) is 5.92 Å². The lowest BCUT2D eigenvalue weighted by atomic mass is 9.94. The van der Waals surface area contributed by atoms with Gasteiger partial charge in [0.1, 0.15) is 5.52 Å². The molecule has 0 spiro atoms. The molecule has 5 rings (SSSR count). The van der Waals surface area contributed by atoms with Crippen LogP contribution in [0.15, 0.2) is 60.9 Å². The van der Waals surface area contributed by atoms with Gasteiger partial charge in [-0.2, -0.15) is 4.68 Å². The average molecular weight is 464 g/mol. The van der Waals surface area contributed by atoms with E-state index in [0.29, 0.717) is 47.1 Å². The normalized spacial score (nSPS) is 18.4. The quantitative estimate of drug-likeness (QED) is 0.468. The highest BCUT2D eigenvalue weighted by molar-refractivity contribution is 6.33. The Morgan fingerprint density at radius 1 is 1.12 bits per heavy atom. The monoisotopic (exact) mass is 463 g/mol. The third kappa shape index (κ3) is 4.18. The van der Waals surface area contributed by atoms with Gasteiger partial charge in [-0.3, -0.25) is 9.69 Å². The Morgan fingerprint density at radius 3 is 2.70 bits per heavy atom. The lowest BCUT2D eigenvalue weighted by Gasteiger charge is -2.37. The second kappa shape index (κ2) is 9.22. The summed E-state index contributed by atoms with van der Waals surface area (Å²) in [4.78, 5) is 24.1. The third-order valence-corrected chi connectivity index (χ3v) is 6.09. The molecule has 168 valence electrons. The summed E-state index contributed by atoms with van der Waals surface area (Å²) < 4.78 is 1.63. The van der Waals surface area contributed by atoms with Gasteiger partial charge in [-0.25, -0.2) is 9.97 Å². The van der Waals surface area contributed by atoms with Gasteiger partial charge in [-0.05, 0) is 60.9 Å². The first kappa shape index (κ1) is 21.4. The zero-order valence-electron chi connectivity index (χ0n) is 17.7. The summed E-state index contributed by atoms with van der Waals surface area (Å²) in [7, 11) is 0. The van der Waals surface area contributed by atoms with E-state index in [1.165, 1.54) is 0 Å². The molecule has 1 amide bonds. The Hall–Kier alpha value is -3.40. The Balaban J connectivity index is 1.48. The number of carbonyl (C=O) groups excluding carboxylic acids is 1. The molecule has 10 heteroatoms. The molecule has 3 aromatic heterocycles. The lowest BCUT2D eigenvalue weighted by Crippen LogP contribution is -2.52.